The van der Waals surface area contributed by atoms with Gasteiger partial charge in [-0.2, -0.15) is 4.98 Å². The number of aromatic nitrogens is 2. The number of hydrogen-bond donors (Lipinski definition) is 2. The third-order valence-corrected chi connectivity index (χ3v) is 4.35. The largest absolute Gasteiger partial charge is 0.368 e. The van der Waals surface area contributed by atoms with Gasteiger partial charge in [0.15, 0.2) is 0 Å². The number of nitrogens with one attached hydrogen (secondary N) is 1. The minimum atomic E-state index is 0.361. The van der Waals surface area contributed by atoms with E-state index in [1.54, 1.807) is 0 Å². The first kappa shape index (κ1) is 15.7. The van der Waals surface area contributed by atoms with E-state index in [1.807, 2.05) is 13.0 Å². The number of anilines is 2. The zero-order chi connectivity index (χ0) is 16.2. The summed E-state index contributed by atoms with van der Waals surface area (Å²) in [4.78, 5) is 10.8. The van der Waals surface area contributed by atoms with Crippen molar-refractivity contribution in [2.45, 2.75) is 39.3 Å². The molecule has 2 heterocycles. The van der Waals surface area contributed by atoms with Crippen molar-refractivity contribution in [2.24, 2.45) is 0 Å². The fourth-order valence-corrected chi connectivity index (χ4v) is 3.13. The fraction of sp³-hybridized carbons (Fsp3) is 0.444. The van der Waals surface area contributed by atoms with Crippen LogP contribution in [-0.2, 0) is 6.54 Å². The Morgan fingerprint density at radius 1 is 1.17 bits per heavy atom. The molecule has 0 spiro atoms. The molecular formula is C18H25N5. The highest BCUT2D eigenvalue weighted by Gasteiger charge is 2.20. The summed E-state index contributed by atoms with van der Waals surface area (Å²) in [5.41, 5.74) is 9.35. The molecule has 0 atom stereocenters. The number of nitrogens with zero attached hydrogens (tertiary/aromatic N) is 3. The third kappa shape index (κ3) is 4.20. The molecule has 3 N–H and O–H groups in total. The predicted octanol–water partition coefficient (Wildman–Crippen LogP) is 2.43. The van der Waals surface area contributed by atoms with Crippen LogP contribution in [0.25, 0.3) is 0 Å². The van der Waals surface area contributed by atoms with E-state index < -0.39 is 0 Å². The number of piperidine rings is 1. The lowest BCUT2D eigenvalue weighted by Gasteiger charge is -2.33. The molecule has 1 aliphatic rings. The Balaban J connectivity index is 1.52. The molecule has 3 rings (SSSR count). The minimum absolute atomic E-state index is 0.361. The van der Waals surface area contributed by atoms with Gasteiger partial charge in [-0.1, -0.05) is 29.8 Å². The molecule has 1 aromatic carbocycles. The molecule has 5 heteroatoms. The van der Waals surface area contributed by atoms with Crippen molar-refractivity contribution in [1.29, 1.82) is 0 Å². The summed E-state index contributed by atoms with van der Waals surface area (Å²) >= 11 is 0. The molecule has 0 bridgehead atoms. The van der Waals surface area contributed by atoms with E-state index >= 15 is 0 Å². The van der Waals surface area contributed by atoms with E-state index in [2.05, 4.69) is 51.4 Å². The number of benzene rings is 1. The highest BCUT2D eigenvalue weighted by atomic mass is 15.2. The molecule has 1 saturated heterocycles. The Hall–Kier alpha value is -2.14. The highest BCUT2D eigenvalue weighted by Crippen LogP contribution is 2.19. The quantitative estimate of drug-likeness (QED) is 0.908. The summed E-state index contributed by atoms with van der Waals surface area (Å²) in [7, 11) is 0. The summed E-state index contributed by atoms with van der Waals surface area (Å²) in [6, 6.07) is 11.3. The molecule has 0 aliphatic carbocycles. The zero-order valence-corrected chi connectivity index (χ0v) is 13.9. The summed E-state index contributed by atoms with van der Waals surface area (Å²) in [6.07, 6.45) is 2.24. The van der Waals surface area contributed by atoms with Crippen LogP contribution in [0.3, 0.4) is 0 Å². The maximum Gasteiger partial charge on any atom is 0.222 e. The number of nitrogen functional groups attached to an aromatic ring is 1. The second kappa shape index (κ2) is 6.96. The molecule has 2 aromatic rings. The van der Waals surface area contributed by atoms with Gasteiger partial charge in [0.2, 0.25) is 5.95 Å². The molecule has 0 unspecified atom stereocenters. The van der Waals surface area contributed by atoms with Gasteiger partial charge in [0.05, 0.1) is 0 Å². The molecule has 0 saturated carbocycles. The lowest BCUT2D eigenvalue weighted by molar-refractivity contribution is 0.412. The van der Waals surface area contributed by atoms with Crippen molar-refractivity contribution in [2.75, 3.05) is 23.7 Å². The predicted molar refractivity (Wildman–Crippen MR) is 94.4 cm³/mol. The van der Waals surface area contributed by atoms with Gasteiger partial charge < -0.3 is 16.0 Å². The monoisotopic (exact) mass is 311 g/mol. The van der Waals surface area contributed by atoms with Crippen molar-refractivity contribution in [3.8, 4) is 0 Å². The summed E-state index contributed by atoms with van der Waals surface area (Å²) < 4.78 is 0. The number of rotatable bonds is 4. The SMILES string of the molecule is Cc1cccc(CNC2CCN(c3cc(C)nc(N)n3)CC2)c1. The summed E-state index contributed by atoms with van der Waals surface area (Å²) in [6.45, 7) is 7.03. The fourth-order valence-electron chi connectivity index (χ4n) is 3.13. The van der Waals surface area contributed by atoms with Crippen LogP contribution < -0.4 is 16.0 Å². The first-order chi connectivity index (χ1) is 11.1. The molecule has 1 aliphatic heterocycles. The van der Waals surface area contributed by atoms with Crippen LogP contribution >= 0.6 is 0 Å². The lowest BCUT2D eigenvalue weighted by Crippen LogP contribution is -2.42. The van der Waals surface area contributed by atoms with Crippen LogP contribution in [0.5, 0.6) is 0 Å². The molecule has 1 aromatic heterocycles. The molecule has 5 nitrogen and oxygen atoms in total. The Morgan fingerprint density at radius 2 is 1.96 bits per heavy atom. The Kier molecular flexibility index (Phi) is 4.76. The maximum atomic E-state index is 5.76. The third-order valence-electron chi connectivity index (χ3n) is 4.35. The first-order valence-corrected chi connectivity index (χ1v) is 8.25. The van der Waals surface area contributed by atoms with Gasteiger partial charge >= 0.3 is 0 Å². The number of aryl methyl sites for hydroxylation is 2. The van der Waals surface area contributed by atoms with Gasteiger partial charge in [-0.05, 0) is 32.3 Å². The van der Waals surface area contributed by atoms with Gasteiger partial charge in [0.1, 0.15) is 5.82 Å². The average molecular weight is 311 g/mol. The van der Waals surface area contributed by atoms with E-state index in [-0.39, 0.29) is 0 Å². The normalized spacial score (nSPS) is 15.8. The van der Waals surface area contributed by atoms with Gasteiger partial charge in [-0.3, -0.25) is 0 Å². The molecule has 0 radical (unpaired) electrons. The number of hydrogen-bond acceptors (Lipinski definition) is 5. The van der Waals surface area contributed by atoms with Crippen molar-refractivity contribution in [3.63, 3.8) is 0 Å². The van der Waals surface area contributed by atoms with Crippen LogP contribution in [0.15, 0.2) is 30.3 Å². The van der Waals surface area contributed by atoms with Crippen molar-refractivity contribution in [1.82, 2.24) is 15.3 Å². The van der Waals surface area contributed by atoms with Crippen molar-refractivity contribution < 1.29 is 0 Å². The average Bonchev–Trinajstić information content (AvgIpc) is 2.53. The summed E-state index contributed by atoms with van der Waals surface area (Å²) in [5.74, 6) is 1.31. The first-order valence-electron chi connectivity index (χ1n) is 8.25. The molecule has 1 fully saturated rings. The standard InChI is InChI=1S/C18H25N5/c1-13-4-3-5-15(10-13)12-20-16-6-8-23(9-7-16)17-11-14(2)21-18(19)22-17/h3-5,10-11,16,20H,6-9,12H2,1-2H3,(H2,19,21,22). The zero-order valence-electron chi connectivity index (χ0n) is 13.9. The van der Waals surface area contributed by atoms with Crippen LogP contribution in [-0.4, -0.2) is 29.1 Å². The van der Waals surface area contributed by atoms with Gasteiger partial charge in [-0.15, -0.1) is 0 Å². The summed E-state index contributed by atoms with van der Waals surface area (Å²) in [5, 5.41) is 3.68. The number of nitrogens with two attached hydrogens (primary N) is 1. The lowest BCUT2D eigenvalue weighted by atomic mass is 10.0. The second-order valence-corrected chi connectivity index (χ2v) is 6.36. The van der Waals surface area contributed by atoms with Crippen molar-refractivity contribution in [3.05, 3.63) is 47.2 Å². The Bertz CT molecular complexity index is 642. The molecular weight excluding hydrogens is 286 g/mol. The van der Waals surface area contributed by atoms with E-state index in [0.29, 0.717) is 12.0 Å². The maximum absolute atomic E-state index is 5.76. The molecule has 122 valence electrons. The van der Waals surface area contributed by atoms with E-state index in [1.165, 1.54) is 11.1 Å². The van der Waals surface area contributed by atoms with Crippen molar-refractivity contribution >= 4 is 11.8 Å². The Morgan fingerprint density at radius 3 is 2.65 bits per heavy atom. The van der Waals surface area contributed by atoms with Crippen LogP contribution in [0, 0.1) is 13.8 Å². The van der Waals surface area contributed by atoms with E-state index in [0.717, 1.165) is 44.0 Å². The van der Waals surface area contributed by atoms with E-state index in [4.69, 9.17) is 5.73 Å². The Labute approximate surface area is 137 Å². The smallest absolute Gasteiger partial charge is 0.222 e. The van der Waals surface area contributed by atoms with Crippen LogP contribution in [0.2, 0.25) is 0 Å². The van der Waals surface area contributed by atoms with Gasteiger partial charge in [-0.25, -0.2) is 4.98 Å². The van der Waals surface area contributed by atoms with E-state index in [9.17, 15) is 0 Å². The van der Waals surface area contributed by atoms with Gasteiger partial charge in [0.25, 0.3) is 0 Å². The minimum Gasteiger partial charge on any atom is -0.368 e. The topological polar surface area (TPSA) is 67.1 Å². The molecule has 0 amide bonds. The highest BCUT2D eigenvalue weighted by molar-refractivity contribution is 5.43. The van der Waals surface area contributed by atoms with Crippen LogP contribution in [0.4, 0.5) is 11.8 Å². The van der Waals surface area contributed by atoms with Gasteiger partial charge in [0, 0.05) is 37.4 Å². The molecule has 23 heavy (non-hydrogen) atoms. The van der Waals surface area contributed by atoms with Crippen LogP contribution in [0.1, 0.15) is 29.7 Å². The second-order valence-electron chi connectivity index (χ2n) is 6.36.